The fraction of sp³-hybridized carbons (Fsp3) is 0.286. The Hall–Kier alpha value is -1.32. The van der Waals surface area contributed by atoms with E-state index in [4.69, 9.17) is 0 Å². The van der Waals surface area contributed by atoms with Crippen molar-refractivity contribution in [3.8, 4) is 0 Å². The van der Waals surface area contributed by atoms with E-state index in [1.807, 2.05) is 0 Å². The van der Waals surface area contributed by atoms with Gasteiger partial charge in [-0.3, -0.25) is 4.79 Å². The van der Waals surface area contributed by atoms with Crippen LogP contribution < -0.4 is 0 Å². The smallest absolute Gasteiger partial charge is 0.293 e. The van der Waals surface area contributed by atoms with E-state index in [0.717, 1.165) is 5.69 Å². The highest BCUT2D eigenvalue weighted by molar-refractivity contribution is 5.36. The molecule has 0 radical (unpaired) electrons. The number of carbonyl (C=O) groups excluding carboxylic acids is 1. The van der Waals surface area contributed by atoms with Gasteiger partial charge in [-0.05, 0) is 12.1 Å². The number of hydrogen-bond donors (Lipinski definition) is 1. The predicted molar refractivity (Wildman–Crippen MR) is 36.5 cm³/mol. The number of carbonyl (C=O) groups is 1. The molecule has 4 heteroatoms. The van der Waals surface area contributed by atoms with E-state index in [0.29, 0.717) is 12.9 Å². The molecule has 11 heavy (non-hydrogen) atoms. The van der Waals surface area contributed by atoms with Gasteiger partial charge in [-0.25, -0.2) is 0 Å². The lowest BCUT2D eigenvalue weighted by molar-refractivity contribution is -0.128. The maximum atomic E-state index is 12.3. The standard InChI is InChI=1S/C7H8FNO2/c8-7-2-1-6(9-7)3-4-11-5-10/h1-2,5,9H,3-4H2. The Morgan fingerprint density at radius 1 is 1.64 bits per heavy atom. The van der Waals surface area contributed by atoms with Gasteiger partial charge in [0, 0.05) is 12.1 Å². The van der Waals surface area contributed by atoms with Crippen LogP contribution >= 0.6 is 0 Å². The van der Waals surface area contributed by atoms with E-state index >= 15 is 0 Å². The van der Waals surface area contributed by atoms with E-state index in [1.165, 1.54) is 6.07 Å². The minimum Gasteiger partial charge on any atom is -0.467 e. The largest absolute Gasteiger partial charge is 0.467 e. The van der Waals surface area contributed by atoms with E-state index < -0.39 is 0 Å². The number of hydrogen-bond acceptors (Lipinski definition) is 2. The van der Waals surface area contributed by atoms with Crippen LogP contribution in [0.2, 0.25) is 0 Å². The highest BCUT2D eigenvalue weighted by atomic mass is 19.1. The van der Waals surface area contributed by atoms with Gasteiger partial charge in [0.15, 0.2) is 5.95 Å². The Morgan fingerprint density at radius 3 is 3.00 bits per heavy atom. The monoisotopic (exact) mass is 157 g/mol. The van der Waals surface area contributed by atoms with Crippen LogP contribution in [0.5, 0.6) is 0 Å². The lowest BCUT2D eigenvalue weighted by Gasteiger charge is -1.94. The highest BCUT2D eigenvalue weighted by Gasteiger charge is 1.96. The number of H-pyrrole nitrogens is 1. The van der Waals surface area contributed by atoms with Gasteiger partial charge in [-0.15, -0.1) is 0 Å². The van der Waals surface area contributed by atoms with Crippen LogP contribution in [0.3, 0.4) is 0 Å². The van der Waals surface area contributed by atoms with E-state index in [-0.39, 0.29) is 12.6 Å². The third kappa shape index (κ3) is 2.41. The molecule has 0 saturated heterocycles. The summed E-state index contributed by atoms with van der Waals surface area (Å²) in [7, 11) is 0. The van der Waals surface area contributed by atoms with Crippen molar-refractivity contribution in [2.45, 2.75) is 6.42 Å². The summed E-state index contributed by atoms with van der Waals surface area (Å²) in [6.45, 7) is 0.656. The zero-order chi connectivity index (χ0) is 8.10. The fourth-order valence-electron chi connectivity index (χ4n) is 0.773. The summed E-state index contributed by atoms with van der Waals surface area (Å²) in [5.41, 5.74) is 0.726. The molecule has 0 spiro atoms. The number of ether oxygens (including phenoxy) is 1. The number of rotatable bonds is 4. The molecule has 0 amide bonds. The zero-order valence-corrected chi connectivity index (χ0v) is 5.84. The van der Waals surface area contributed by atoms with Crippen molar-refractivity contribution in [2.24, 2.45) is 0 Å². The molecule has 0 saturated carbocycles. The molecule has 0 aliphatic rings. The molecular formula is C7H8FNO2. The van der Waals surface area contributed by atoms with Crippen molar-refractivity contribution in [3.05, 3.63) is 23.8 Å². The summed E-state index contributed by atoms with van der Waals surface area (Å²) in [4.78, 5) is 12.2. The first-order chi connectivity index (χ1) is 5.33. The summed E-state index contributed by atoms with van der Waals surface area (Å²) >= 11 is 0. The Kier molecular flexibility index (Phi) is 2.66. The van der Waals surface area contributed by atoms with Gasteiger partial charge in [0.2, 0.25) is 0 Å². The predicted octanol–water partition coefficient (Wildman–Crippen LogP) is 0.869. The average Bonchev–Trinajstić information content (AvgIpc) is 2.37. The van der Waals surface area contributed by atoms with E-state index in [9.17, 15) is 9.18 Å². The van der Waals surface area contributed by atoms with Crippen LogP contribution in [-0.4, -0.2) is 18.1 Å². The molecule has 0 bridgehead atoms. The molecule has 0 aliphatic heterocycles. The number of nitrogens with one attached hydrogen (secondary N) is 1. The van der Waals surface area contributed by atoms with Crippen LogP contribution in [0, 0.1) is 5.95 Å². The van der Waals surface area contributed by atoms with Crippen LogP contribution in [0.4, 0.5) is 4.39 Å². The lowest BCUT2D eigenvalue weighted by atomic mass is 10.3. The molecule has 0 aliphatic carbocycles. The minimum absolute atomic E-state index is 0.281. The van der Waals surface area contributed by atoms with Gasteiger partial charge in [0.1, 0.15) is 0 Å². The molecule has 0 aromatic carbocycles. The van der Waals surface area contributed by atoms with Crippen molar-refractivity contribution in [1.29, 1.82) is 0 Å². The first kappa shape index (κ1) is 7.78. The highest BCUT2D eigenvalue weighted by Crippen LogP contribution is 1.99. The molecule has 1 aromatic heterocycles. The van der Waals surface area contributed by atoms with Crippen molar-refractivity contribution in [1.82, 2.24) is 4.98 Å². The third-order valence-electron chi connectivity index (χ3n) is 1.27. The number of aromatic nitrogens is 1. The Labute approximate surface area is 63.2 Å². The summed E-state index contributed by atoms with van der Waals surface area (Å²) < 4.78 is 16.7. The second-order valence-corrected chi connectivity index (χ2v) is 2.05. The van der Waals surface area contributed by atoms with Crippen molar-refractivity contribution in [2.75, 3.05) is 6.61 Å². The molecule has 1 heterocycles. The van der Waals surface area contributed by atoms with E-state index in [2.05, 4.69) is 9.72 Å². The first-order valence-corrected chi connectivity index (χ1v) is 3.21. The topological polar surface area (TPSA) is 42.1 Å². The number of halogens is 1. The van der Waals surface area contributed by atoms with Gasteiger partial charge >= 0.3 is 0 Å². The van der Waals surface area contributed by atoms with E-state index in [1.54, 1.807) is 6.07 Å². The van der Waals surface area contributed by atoms with Crippen molar-refractivity contribution < 1.29 is 13.9 Å². The minimum atomic E-state index is -0.369. The van der Waals surface area contributed by atoms with Gasteiger partial charge in [-0.2, -0.15) is 4.39 Å². The van der Waals surface area contributed by atoms with Crippen LogP contribution in [0.1, 0.15) is 5.69 Å². The van der Waals surface area contributed by atoms with Crippen LogP contribution in [-0.2, 0) is 16.0 Å². The second-order valence-electron chi connectivity index (χ2n) is 2.05. The van der Waals surface area contributed by atoms with Crippen molar-refractivity contribution in [3.63, 3.8) is 0 Å². The summed E-state index contributed by atoms with van der Waals surface area (Å²) in [6, 6.07) is 2.94. The SMILES string of the molecule is O=COCCc1ccc(F)[nH]1. The maximum Gasteiger partial charge on any atom is 0.293 e. The molecule has 1 rings (SSSR count). The second kappa shape index (κ2) is 3.75. The normalized spacial score (nSPS) is 9.55. The fourth-order valence-corrected chi connectivity index (χ4v) is 0.773. The third-order valence-corrected chi connectivity index (χ3v) is 1.27. The summed E-state index contributed by atoms with van der Waals surface area (Å²) in [5.74, 6) is -0.369. The van der Waals surface area contributed by atoms with Gasteiger partial charge in [-0.1, -0.05) is 0 Å². The van der Waals surface area contributed by atoms with Crippen molar-refractivity contribution >= 4 is 6.47 Å². The molecule has 0 unspecified atom stereocenters. The summed E-state index contributed by atoms with van der Waals surface area (Å²) in [5, 5.41) is 0. The molecular weight excluding hydrogens is 149 g/mol. The zero-order valence-electron chi connectivity index (χ0n) is 5.84. The van der Waals surface area contributed by atoms with Gasteiger partial charge in [0.25, 0.3) is 6.47 Å². The van der Waals surface area contributed by atoms with Gasteiger partial charge in [0.05, 0.1) is 6.61 Å². The maximum absolute atomic E-state index is 12.3. The molecule has 0 fully saturated rings. The Morgan fingerprint density at radius 2 is 2.45 bits per heavy atom. The first-order valence-electron chi connectivity index (χ1n) is 3.21. The molecule has 1 aromatic rings. The Bertz CT molecular complexity index is 234. The number of aromatic amines is 1. The van der Waals surface area contributed by atoms with Crippen LogP contribution in [0.15, 0.2) is 12.1 Å². The molecule has 3 nitrogen and oxygen atoms in total. The average molecular weight is 157 g/mol. The summed E-state index contributed by atoms with van der Waals surface area (Å²) in [6.07, 6.45) is 0.517. The van der Waals surface area contributed by atoms with Crippen LogP contribution in [0.25, 0.3) is 0 Å². The Balaban J connectivity index is 2.32. The molecule has 1 N–H and O–H groups in total. The molecule has 60 valence electrons. The lowest BCUT2D eigenvalue weighted by Crippen LogP contribution is -1.96. The quantitative estimate of drug-likeness (QED) is 0.520. The molecule has 0 atom stereocenters. The van der Waals surface area contributed by atoms with Gasteiger partial charge < -0.3 is 9.72 Å².